The summed E-state index contributed by atoms with van der Waals surface area (Å²) in [6.07, 6.45) is 0. The van der Waals surface area contributed by atoms with Crippen LogP contribution in [0.3, 0.4) is 0 Å². The molecule has 0 aromatic heterocycles. The first-order valence-corrected chi connectivity index (χ1v) is 3.82. The highest BCUT2D eigenvalue weighted by Gasteiger charge is 2.33. The molecule has 3 nitrogen and oxygen atoms in total. The van der Waals surface area contributed by atoms with Crippen LogP contribution in [0.5, 0.6) is 0 Å². The first-order valence-electron chi connectivity index (χ1n) is 2.27. The normalized spacial score (nSPS) is 13.6. The van der Waals surface area contributed by atoms with Crippen molar-refractivity contribution in [2.75, 3.05) is 12.3 Å². The highest BCUT2D eigenvalue weighted by Crippen LogP contribution is 2.14. The van der Waals surface area contributed by atoms with Crippen molar-refractivity contribution in [3.8, 4) is 0 Å². The van der Waals surface area contributed by atoms with Crippen LogP contribution in [0, 0.1) is 0 Å². The van der Waals surface area contributed by atoms with Crippen LogP contribution >= 0.6 is 0 Å². The van der Waals surface area contributed by atoms with Crippen molar-refractivity contribution in [2.24, 2.45) is 5.73 Å². The predicted octanol–water partition coefficient (Wildman–Crippen LogP) is -0.120. The quantitative estimate of drug-likeness (QED) is 0.611. The second-order valence-electron chi connectivity index (χ2n) is 1.74. The lowest BCUT2D eigenvalue weighted by molar-refractivity contribution is 0.0349. The smallest absolute Gasteiger partial charge is 0.308 e. The van der Waals surface area contributed by atoms with Gasteiger partial charge in [-0.2, -0.15) is 8.42 Å². The summed E-state index contributed by atoms with van der Waals surface area (Å²) in [6, 6.07) is 0. The Morgan fingerprint density at radius 2 is 1.80 bits per heavy atom. The number of hydrogen-bond acceptors (Lipinski definition) is 3. The number of nitrogens with two attached hydrogens (primary N) is 1. The van der Waals surface area contributed by atoms with Crippen molar-refractivity contribution in [3.63, 3.8) is 0 Å². The van der Waals surface area contributed by atoms with Gasteiger partial charge in [0.15, 0.2) is 0 Å². The summed E-state index contributed by atoms with van der Waals surface area (Å²) in [5, 5.41) is 0. The van der Waals surface area contributed by atoms with E-state index in [4.69, 9.17) is 0 Å². The summed E-state index contributed by atoms with van der Waals surface area (Å²) in [6.45, 7) is -1.17. The molecule has 0 aliphatic carbocycles. The van der Waals surface area contributed by atoms with Gasteiger partial charge in [0.1, 0.15) is 5.75 Å². The lowest BCUT2D eigenvalue weighted by Gasteiger charge is -2.09. The van der Waals surface area contributed by atoms with Gasteiger partial charge in [0.2, 0.25) is 0 Å². The molecule has 2 N–H and O–H groups in total. The fourth-order valence-corrected chi connectivity index (χ4v) is 0.933. The molecule has 0 fully saturated rings. The van der Waals surface area contributed by atoms with E-state index < -0.39 is 28.4 Å². The highest BCUT2D eigenvalue weighted by molar-refractivity contribution is 7.86. The van der Waals surface area contributed by atoms with Crippen LogP contribution < -0.4 is 5.73 Å². The lowest BCUT2D eigenvalue weighted by atomic mass is 10.4. The number of alkyl halides is 2. The Labute approximate surface area is 56.2 Å². The Hall–Kier alpha value is -0.300. The molecule has 0 aliphatic heterocycles. The number of hydrogen-bond donors (Lipinski definition) is 1. The van der Waals surface area contributed by atoms with E-state index in [2.05, 4.69) is 5.73 Å². The van der Waals surface area contributed by atoms with Crippen LogP contribution in [-0.2, 0) is 10.2 Å². The molecule has 0 saturated carbocycles. The van der Waals surface area contributed by atoms with Crippen LogP contribution in [0.2, 0.25) is 0 Å². The molecule has 0 heterocycles. The van der Waals surface area contributed by atoms with Gasteiger partial charge in [-0.15, -0.1) is 3.89 Å². The predicted molar refractivity (Wildman–Crippen MR) is 28.9 cm³/mol. The molecule has 0 amide bonds. The van der Waals surface area contributed by atoms with Gasteiger partial charge in [0.25, 0.3) is 5.92 Å². The largest absolute Gasteiger partial charge is 0.325 e. The van der Waals surface area contributed by atoms with Gasteiger partial charge in [-0.1, -0.05) is 0 Å². The zero-order valence-corrected chi connectivity index (χ0v) is 5.67. The van der Waals surface area contributed by atoms with Crippen molar-refractivity contribution in [1.29, 1.82) is 0 Å². The second kappa shape index (κ2) is 2.75. The molecular weight excluding hydrogens is 171 g/mol. The molecule has 0 bridgehead atoms. The minimum Gasteiger partial charge on any atom is -0.325 e. The molecular formula is C3H6F3NO2S. The first kappa shape index (κ1) is 9.70. The van der Waals surface area contributed by atoms with Gasteiger partial charge in [0, 0.05) is 0 Å². The minimum absolute atomic E-state index is 1.17. The summed E-state index contributed by atoms with van der Waals surface area (Å²) >= 11 is 0. The Kier molecular flexibility index (Phi) is 2.67. The Morgan fingerprint density at radius 3 is 1.90 bits per heavy atom. The topological polar surface area (TPSA) is 60.2 Å². The molecule has 0 unspecified atom stereocenters. The van der Waals surface area contributed by atoms with Gasteiger partial charge in [-0.25, -0.2) is 8.78 Å². The summed E-state index contributed by atoms with van der Waals surface area (Å²) in [5.74, 6) is -5.50. The molecule has 0 radical (unpaired) electrons. The summed E-state index contributed by atoms with van der Waals surface area (Å²) in [5.41, 5.74) is 4.43. The van der Waals surface area contributed by atoms with Crippen molar-refractivity contribution in [2.45, 2.75) is 5.92 Å². The summed E-state index contributed by atoms with van der Waals surface area (Å²) in [7, 11) is -5.12. The zero-order chi connectivity index (χ0) is 8.41. The average molecular weight is 177 g/mol. The molecule has 0 rings (SSSR count). The third-order valence-corrected chi connectivity index (χ3v) is 1.45. The SMILES string of the molecule is NCC(F)(F)CS(=O)(=O)F. The molecule has 0 atom stereocenters. The average Bonchev–Trinajstić information content (AvgIpc) is 1.60. The van der Waals surface area contributed by atoms with Crippen molar-refractivity contribution < 1.29 is 21.1 Å². The third kappa shape index (κ3) is 4.57. The van der Waals surface area contributed by atoms with E-state index in [9.17, 15) is 21.1 Å². The maximum absolute atomic E-state index is 11.9. The molecule has 0 spiro atoms. The van der Waals surface area contributed by atoms with Crippen molar-refractivity contribution >= 4 is 10.2 Å². The van der Waals surface area contributed by atoms with Crippen LogP contribution in [-0.4, -0.2) is 26.6 Å². The van der Waals surface area contributed by atoms with Crippen LogP contribution in [0.1, 0.15) is 0 Å². The molecule has 0 aliphatic rings. The van der Waals surface area contributed by atoms with Gasteiger partial charge in [-0.3, -0.25) is 0 Å². The van der Waals surface area contributed by atoms with Gasteiger partial charge in [-0.05, 0) is 0 Å². The second-order valence-corrected chi connectivity index (χ2v) is 3.11. The molecule has 0 aromatic carbocycles. The van der Waals surface area contributed by atoms with E-state index >= 15 is 0 Å². The maximum Gasteiger partial charge on any atom is 0.308 e. The van der Waals surface area contributed by atoms with Gasteiger partial charge in [0.05, 0.1) is 6.54 Å². The monoisotopic (exact) mass is 177 g/mol. The van der Waals surface area contributed by atoms with E-state index in [1.54, 1.807) is 0 Å². The fraction of sp³-hybridized carbons (Fsp3) is 1.00. The van der Waals surface area contributed by atoms with Gasteiger partial charge < -0.3 is 5.73 Å². The summed E-state index contributed by atoms with van der Waals surface area (Å²) < 4.78 is 54.5. The molecule has 62 valence electrons. The van der Waals surface area contributed by atoms with E-state index in [0.717, 1.165) is 0 Å². The van der Waals surface area contributed by atoms with Crippen LogP contribution in [0.15, 0.2) is 0 Å². The Bertz CT molecular complexity index is 200. The molecule has 10 heavy (non-hydrogen) atoms. The van der Waals surface area contributed by atoms with Crippen LogP contribution in [0.25, 0.3) is 0 Å². The van der Waals surface area contributed by atoms with Crippen LogP contribution in [0.4, 0.5) is 12.7 Å². The standard InChI is InChI=1S/C3H6F3NO2S/c4-3(5,1-7)2-10(6,8)9/h1-2,7H2. The van der Waals surface area contributed by atoms with Gasteiger partial charge >= 0.3 is 10.2 Å². The third-order valence-electron chi connectivity index (χ3n) is 0.682. The lowest BCUT2D eigenvalue weighted by Crippen LogP contribution is -2.34. The highest BCUT2D eigenvalue weighted by atomic mass is 32.3. The van der Waals surface area contributed by atoms with E-state index in [0.29, 0.717) is 0 Å². The maximum atomic E-state index is 11.9. The zero-order valence-electron chi connectivity index (χ0n) is 4.85. The molecule has 0 saturated heterocycles. The number of rotatable bonds is 3. The molecule has 0 aromatic rings. The summed E-state index contributed by atoms with van der Waals surface area (Å²) in [4.78, 5) is 0. The Balaban J connectivity index is 4.16. The van der Waals surface area contributed by atoms with E-state index in [-0.39, 0.29) is 0 Å². The molecule has 7 heteroatoms. The minimum atomic E-state index is -5.12. The first-order chi connectivity index (χ1) is 4.27. The Morgan fingerprint density at radius 1 is 1.40 bits per heavy atom. The van der Waals surface area contributed by atoms with Crippen molar-refractivity contribution in [1.82, 2.24) is 0 Å². The van der Waals surface area contributed by atoms with Crippen molar-refractivity contribution in [3.05, 3.63) is 0 Å². The van der Waals surface area contributed by atoms with E-state index in [1.165, 1.54) is 0 Å². The van der Waals surface area contributed by atoms with E-state index in [1.807, 2.05) is 0 Å². The number of halogens is 3. The fourth-order valence-electron chi connectivity index (χ4n) is 0.311.